The van der Waals surface area contributed by atoms with E-state index in [1.165, 1.54) is 38.5 Å². The lowest BCUT2D eigenvalue weighted by molar-refractivity contribution is -0.140. The number of amides is 2. The average Bonchev–Trinajstić information content (AvgIpc) is 2.61. The van der Waals surface area contributed by atoms with E-state index in [2.05, 4.69) is 5.32 Å². The van der Waals surface area contributed by atoms with E-state index in [1.807, 2.05) is 18.7 Å². The molecule has 2 saturated carbocycles. The summed E-state index contributed by atoms with van der Waals surface area (Å²) >= 11 is 0. The van der Waals surface area contributed by atoms with Crippen LogP contribution in [0.1, 0.15) is 84.5 Å². The monoisotopic (exact) mass is 338 g/mol. The molecule has 138 valence electrons. The number of carboxylic acid groups (broad SMARTS) is 1. The molecule has 2 fully saturated rings. The molecule has 2 atom stereocenters. The maximum atomic E-state index is 13.0. The molecule has 2 aliphatic rings. The minimum Gasteiger partial charge on any atom is -0.480 e. The fourth-order valence-corrected chi connectivity index (χ4v) is 4.24. The summed E-state index contributed by atoms with van der Waals surface area (Å²) in [5.41, 5.74) is 0. The van der Waals surface area contributed by atoms with Crippen molar-refractivity contribution in [2.75, 3.05) is 0 Å². The first-order valence-electron chi connectivity index (χ1n) is 9.86. The number of nitrogens with one attached hydrogen (secondary N) is 1. The third kappa shape index (κ3) is 4.87. The zero-order valence-corrected chi connectivity index (χ0v) is 15.3. The Bertz CT molecular complexity index is 397. The normalized spacial score (nSPS) is 22.6. The second-order valence-corrected chi connectivity index (χ2v) is 7.64. The van der Waals surface area contributed by atoms with Gasteiger partial charge in [0.2, 0.25) is 0 Å². The number of hydrogen-bond donors (Lipinski definition) is 2. The van der Waals surface area contributed by atoms with Crippen molar-refractivity contribution in [3.8, 4) is 0 Å². The molecule has 2 rings (SSSR count). The van der Waals surface area contributed by atoms with Crippen LogP contribution in [-0.4, -0.2) is 40.1 Å². The van der Waals surface area contributed by atoms with Crippen LogP contribution in [-0.2, 0) is 4.79 Å². The highest BCUT2D eigenvalue weighted by molar-refractivity contribution is 5.83. The molecule has 0 bridgehead atoms. The summed E-state index contributed by atoms with van der Waals surface area (Å²) in [7, 11) is 0. The number of carbonyl (C=O) groups excluding carboxylic acids is 1. The molecule has 0 saturated heterocycles. The Hall–Kier alpha value is -1.26. The van der Waals surface area contributed by atoms with Gasteiger partial charge in [-0.2, -0.15) is 0 Å². The number of carbonyl (C=O) groups is 2. The van der Waals surface area contributed by atoms with Crippen molar-refractivity contribution in [1.29, 1.82) is 0 Å². The van der Waals surface area contributed by atoms with Gasteiger partial charge in [0.05, 0.1) is 0 Å². The molecule has 2 aliphatic carbocycles. The summed E-state index contributed by atoms with van der Waals surface area (Å²) < 4.78 is 0. The van der Waals surface area contributed by atoms with Crippen LogP contribution in [0.2, 0.25) is 0 Å². The van der Waals surface area contributed by atoms with E-state index in [9.17, 15) is 14.7 Å². The number of rotatable bonds is 6. The molecule has 0 aromatic heterocycles. The molecule has 0 aromatic carbocycles. The van der Waals surface area contributed by atoms with Crippen LogP contribution in [0.15, 0.2) is 0 Å². The first-order chi connectivity index (χ1) is 11.5. The molecule has 0 heterocycles. The average molecular weight is 338 g/mol. The lowest BCUT2D eigenvalue weighted by Gasteiger charge is -2.42. The predicted octanol–water partition coefficient (Wildman–Crippen LogP) is 4.16. The number of nitrogens with zero attached hydrogens (tertiary/aromatic N) is 1. The van der Waals surface area contributed by atoms with Gasteiger partial charge in [-0.3, -0.25) is 0 Å². The number of urea groups is 1. The van der Waals surface area contributed by atoms with Gasteiger partial charge in [0.1, 0.15) is 6.04 Å². The van der Waals surface area contributed by atoms with Crippen LogP contribution < -0.4 is 5.32 Å². The maximum absolute atomic E-state index is 13.0. The largest absolute Gasteiger partial charge is 0.480 e. The van der Waals surface area contributed by atoms with Crippen molar-refractivity contribution >= 4 is 12.0 Å². The van der Waals surface area contributed by atoms with Gasteiger partial charge in [-0.05, 0) is 31.6 Å². The molecule has 0 spiro atoms. The van der Waals surface area contributed by atoms with E-state index >= 15 is 0 Å². The molecule has 5 heteroatoms. The summed E-state index contributed by atoms with van der Waals surface area (Å²) in [5.74, 6) is -0.990. The quantitative estimate of drug-likeness (QED) is 0.764. The van der Waals surface area contributed by atoms with Gasteiger partial charge in [0.15, 0.2) is 0 Å². The van der Waals surface area contributed by atoms with Crippen LogP contribution in [0.5, 0.6) is 0 Å². The highest BCUT2D eigenvalue weighted by Gasteiger charge is 2.35. The van der Waals surface area contributed by atoms with Gasteiger partial charge in [-0.25, -0.2) is 9.59 Å². The molecule has 2 amide bonds. The van der Waals surface area contributed by atoms with Crippen LogP contribution >= 0.6 is 0 Å². The molecule has 0 aliphatic heterocycles. The topological polar surface area (TPSA) is 69.6 Å². The van der Waals surface area contributed by atoms with Gasteiger partial charge in [-0.1, -0.05) is 58.8 Å². The maximum Gasteiger partial charge on any atom is 0.326 e. The minimum atomic E-state index is -0.926. The lowest BCUT2D eigenvalue weighted by atomic mass is 9.89. The third-order valence-electron chi connectivity index (χ3n) is 5.93. The highest BCUT2D eigenvalue weighted by Crippen LogP contribution is 2.30. The Labute approximate surface area is 146 Å². The Kier molecular flexibility index (Phi) is 7.38. The zero-order valence-electron chi connectivity index (χ0n) is 15.3. The highest BCUT2D eigenvalue weighted by atomic mass is 16.4. The Morgan fingerprint density at radius 2 is 1.46 bits per heavy atom. The SMILES string of the molecule is CCC(C)[C@@H](NC(=O)N(C1CCCCC1)C1CCCCC1)C(=O)O. The van der Waals surface area contributed by atoms with Crippen molar-refractivity contribution in [1.82, 2.24) is 10.2 Å². The van der Waals surface area contributed by atoms with Gasteiger partial charge in [0.25, 0.3) is 0 Å². The summed E-state index contributed by atoms with van der Waals surface area (Å²) in [6, 6.07) is -0.375. The molecule has 0 radical (unpaired) electrons. The smallest absolute Gasteiger partial charge is 0.326 e. The van der Waals surface area contributed by atoms with Crippen LogP contribution in [0.3, 0.4) is 0 Å². The fourth-order valence-electron chi connectivity index (χ4n) is 4.24. The zero-order chi connectivity index (χ0) is 17.5. The first-order valence-corrected chi connectivity index (χ1v) is 9.86. The van der Waals surface area contributed by atoms with E-state index in [1.54, 1.807) is 0 Å². The van der Waals surface area contributed by atoms with Crippen molar-refractivity contribution < 1.29 is 14.7 Å². The van der Waals surface area contributed by atoms with Gasteiger partial charge in [-0.15, -0.1) is 0 Å². The van der Waals surface area contributed by atoms with Crippen molar-refractivity contribution in [3.63, 3.8) is 0 Å². The van der Waals surface area contributed by atoms with Crippen LogP contribution in [0, 0.1) is 5.92 Å². The molecule has 24 heavy (non-hydrogen) atoms. The Morgan fingerprint density at radius 3 is 1.83 bits per heavy atom. The summed E-state index contributed by atoms with van der Waals surface area (Å²) in [6.07, 6.45) is 12.2. The van der Waals surface area contributed by atoms with Crippen molar-refractivity contribution in [2.24, 2.45) is 5.92 Å². The molecule has 0 aromatic rings. The third-order valence-corrected chi connectivity index (χ3v) is 5.93. The Morgan fingerprint density at radius 1 is 1.00 bits per heavy atom. The fraction of sp³-hybridized carbons (Fsp3) is 0.895. The molecule has 5 nitrogen and oxygen atoms in total. The molecular formula is C19H34N2O3. The van der Waals surface area contributed by atoms with E-state index in [0.717, 1.165) is 32.1 Å². The number of carboxylic acids is 1. The Balaban J connectivity index is 2.11. The summed E-state index contributed by atoms with van der Waals surface area (Å²) in [4.78, 5) is 26.6. The van der Waals surface area contributed by atoms with E-state index in [4.69, 9.17) is 0 Å². The first kappa shape index (κ1) is 19.1. The standard InChI is InChI=1S/C19H34N2O3/c1-3-14(2)17(18(22)23)20-19(24)21(15-10-6-4-7-11-15)16-12-8-5-9-13-16/h14-17H,3-13H2,1-2H3,(H,20,24)(H,22,23)/t14?,17-/m1/s1. The molecule has 2 N–H and O–H groups in total. The van der Waals surface area contributed by atoms with Crippen molar-refractivity contribution in [2.45, 2.75) is 103 Å². The number of aliphatic carboxylic acids is 1. The van der Waals surface area contributed by atoms with E-state index < -0.39 is 12.0 Å². The van der Waals surface area contributed by atoms with Crippen LogP contribution in [0.4, 0.5) is 4.79 Å². The van der Waals surface area contributed by atoms with E-state index in [-0.39, 0.29) is 24.0 Å². The van der Waals surface area contributed by atoms with Gasteiger partial charge >= 0.3 is 12.0 Å². The summed E-state index contributed by atoms with van der Waals surface area (Å²) in [5, 5.41) is 12.3. The van der Waals surface area contributed by atoms with Crippen molar-refractivity contribution in [3.05, 3.63) is 0 Å². The van der Waals surface area contributed by atoms with E-state index in [0.29, 0.717) is 0 Å². The van der Waals surface area contributed by atoms with Gasteiger partial charge in [0, 0.05) is 12.1 Å². The lowest BCUT2D eigenvalue weighted by Crippen LogP contribution is -2.57. The summed E-state index contributed by atoms with van der Waals surface area (Å²) in [6.45, 7) is 3.86. The minimum absolute atomic E-state index is 0.0639. The van der Waals surface area contributed by atoms with Gasteiger partial charge < -0.3 is 15.3 Å². The molecule has 1 unspecified atom stereocenters. The second-order valence-electron chi connectivity index (χ2n) is 7.64. The second kappa shape index (κ2) is 9.28. The van der Waals surface area contributed by atoms with Crippen LogP contribution in [0.25, 0.3) is 0 Å². The predicted molar refractivity (Wildman–Crippen MR) is 95.0 cm³/mol. The number of hydrogen-bond acceptors (Lipinski definition) is 2. The molecular weight excluding hydrogens is 304 g/mol.